The van der Waals surface area contributed by atoms with Crippen molar-refractivity contribution in [3.8, 4) is 0 Å². The summed E-state index contributed by atoms with van der Waals surface area (Å²) in [5.41, 5.74) is 0. The quantitative estimate of drug-likeness (QED) is 0.00925. The van der Waals surface area contributed by atoms with Crippen molar-refractivity contribution in [2.45, 2.75) is 306 Å². The van der Waals surface area contributed by atoms with Crippen molar-refractivity contribution in [3.63, 3.8) is 0 Å². The number of unbranched alkanes of at least 4 members (excludes halogenated alkanes) is 24. The van der Waals surface area contributed by atoms with Gasteiger partial charge in [0.15, 0.2) is 6.10 Å². The van der Waals surface area contributed by atoms with E-state index < -0.39 is 104 Å². The van der Waals surface area contributed by atoms with Gasteiger partial charge < -0.3 is 64.5 Å². The maximum Gasteiger partial charge on any atom is 0.409 e. The first kappa shape index (κ1) is 75.5. The minimum absolute atomic E-state index is 0.189. The third-order valence-electron chi connectivity index (χ3n) is 15.1. The van der Waals surface area contributed by atoms with E-state index in [0.29, 0.717) is 19.3 Å². The molecule has 83 heavy (non-hydrogen) atoms. The molecule has 0 bridgehead atoms. The second kappa shape index (κ2) is 45.7. The standard InChI is InChI=1S/C66H112O17/c1-4-7-10-13-16-19-22-25-28-31-34-37-40-43-46-49-57(70)80-64(76)61(74)56(53-68)79-66(83-63(54-69)62(75)60(73)55(52-67)78-63,82-59(72)51-48-45-42-39-36-33-30-27-24-21-18-15-12-9-6-3)65(64,77)81-58(71)50-47-44-41-38-35-32-29-26-23-20-17-14-11-8-5-2/h16-21,25-30,55-56,60-62,67-69,73-77H,4-15,22-24,31-54H2,1-3H3/b19-16+,20-17+,21-18+,28-25+,29-26+,30-27+/t55-,56-,60-,61-,62+,63?,64-,65+,66+/m1/s1. The molecule has 2 aliphatic heterocycles. The maximum absolute atomic E-state index is 14.1. The molecular formula is C66H112O17. The third kappa shape index (κ3) is 28.2. The van der Waals surface area contributed by atoms with E-state index in [9.17, 15) is 55.2 Å². The van der Waals surface area contributed by atoms with Crippen LogP contribution in [-0.2, 0) is 42.8 Å². The monoisotopic (exact) mass is 1180 g/mol. The molecule has 478 valence electrons. The summed E-state index contributed by atoms with van der Waals surface area (Å²) in [6.07, 6.45) is 43.0. The Morgan fingerprint density at radius 3 is 1.10 bits per heavy atom. The van der Waals surface area contributed by atoms with E-state index in [-0.39, 0.29) is 25.7 Å². The van der Waals surface area contributed by atoms with Crippen LogP contribution in [0.15, 0.2) is 72.9 Å². The lowest BCUT2D eigenvalue weighted by molar-refractivity contribution is -0.587. The number of esters is 3. The highest BCUT2D eigenvalue weighted by molar-refractivity contribution is 5.72. The van der Waals surface area contributed by atoms with Crippen LogP contribution in [0.25, 0.3) is 0 Å². The summed E-state index contributed by atoms with van der Waals surface area (Å²) in [5, 5.41) is 91.4. The van der Waals surface area contributed by atoms with E-state index in [4.69, 9.17) is 28.4 Å². The smallest absolute Gasteiger partial charge is 0.409 e. The van der Waals surface area contributed by atoms with Crippen LogP contribution in [0.3, 0.4) is 0 Å². The minimum Gasteiger partial charge on any atom is -0.422 e. The molecule has 0 aromatic heterocycles. The van der Waals surface area contributed by atoms with Gasteiger partial charge in [-0.05, 0) is 116 Å². The Labute approximate surface area is 498 Å². The second-order valence-corrected chi connectivity index (χ2v) is 22.4. The van der Waals surface area contributed by atoms with Crippen LogP contribution in [0, 0.1) is 0 Å². The fourth-order valence-corrected chi connectivity index (χ4v) is 9.99. The van der Waals surface area contributed by atoms with Crippen molar-refractivity contribution in [1.29, 1.82) is 0 Å². The van der Waals surface area contributed by atoms with Crippen molar-refractivity contribution in [2.24, 2.45) is 0 Å². The summed E-state index contributed by atoms with van der Waals surface area (Å²) in [4.78, 5) is 42.0. The summed E-state index contributed by atoms with van der Waals surface area (Å²) in [7, 11) is 0. The van der Waals surface area contributed by atoms with Crippen molar-refractivity contribution in [2.75, 3.05) is 19.8 Å². The number of rotatable bonds is 50. The summed E-state index contributed by atoms with van der Waals surface area (Å²) in [6, 6.07) is 0. The van der Waals surface area contributed by atoms with Crippen LogP contribution in [-0.4, -0.2) is 132 Å². The Morgan fingerprint density at radius 1 is 0.410 bits per heavy atom. The summed E-state index contributed by atoms with van der Waals surface area (Å²) in [6.45, 7) is 2.93. The Kier molecular flexibility index (Phi) is 41.6. The van der Waals surface area contributed by atoms with Crippen LogP contribution in [0.1, 0.15) is 252 Å². The molecule has 17 nitrogen and oxygen atoms in total. The van der Waals surface area contributed by atoms with E-state index in [1.54, 1.807) is 0 Å². The van der Waals surface area contributed by atoms with Gasteiger partial charge in [0, 0.05) is 19.3 Å². The summed E-state index contributed by atoms with van der Waals surface area (Å²) < 4.78 is 34.4. The van der Waals surface area contributed by atoms with Gasteiger partial charge >= 0.3 is 35.5 Å². The van der Waals surface area contributed by atoms with Gasteiger partial charge in [-0.15, -0.1) is 0 Å². The van der Waals surface area contributed by atoms with Gasteiger partial charge in [-0.2, -0.15) is 0 Å². The molecule has 2 heterocycles. The SMILES string of the molecule is CCCCC/C=C/C/C=C/CCCCCCCC(=O)O[C@@]1(OC2(CO)O[C@H](CO)[C@@H](O)[C@@H]2O)O[C@H](CO)[C@@H](O)[C@@](O)(OC(=O)CCCCCCC/C=C/C/C=C/CCCCC)[C@]1(O)OC(=O)CCCCCCC/C=C/C/C=C/CCCCC. The van der Waals surface area contributed by atoms with Crippen molar-refractivity contribution < 1.29 is 83.7 Å². The highest BCUT2D eigenvalue weighted by atomic mass is 17.0. The largest absolute Gasteiger partial charge is 0.422 e. The van der Waals surface area contributed by atoms with Crippen LogP contribution in [0.2, 0.25) is 0 Å². The second-order valence-electron chi connectivity index (χ2n) is 22.4. The number of aliphatic hydroxyl groups excluding tert-OH is 6. The van der Waals surface area contributed by atoms with E-state index in [0.717, 1.165) is 116 Å². The fraction of sp³-hybridized carbons (Fsp3) is 0.773. The average molecular weight is 1180 g/mol. The Morgan fingerprint density at radius 2 is 0.747 bits per heavy atom. The number of carbonyl (C=O) groups excluding carboxylic acids is 3. The van der Waals surface area contributed by atoms with Crippen molar-refractivity contribution in [1.82, 2.24) is 0 Å². The lowest BCUT2D eigenvalue weighted by Crippen LogP contribution is -2.84. The maximum atomic E-state index is 14.1. The number of hydrogen-bond donors (Lipinski definition) is 8. The molecule has 17 heteroatoms. The van der Waals surface area contributed by atoms with Crippen LogP contribution >= 0.6 is 0 Å². The normalized spacial score (nSPS) is 25.8. The van der Waals surface area contributed by atoms with Gasteiger partial charge in [-0.1, -0.05) is 190 Å². The van der Waals surface area contributed by atoms with Gasteiger partial charge in [-0.25, -0.2) is 0 Å². The summed E-state index contributed by atoms with van der Waals surface area (Å²) in [5.74, 6) is -18.6. The first-order valence-corrected chi connectivity index (χ1v) is 32.1. The number of hydrogen-bond acceptors (Lipinski definition) is 17. The van der Waals surface area contributed by atoms with Gasteiger partial charge in [0.25, 0.3) is 0 Å². The number of allylic oxidation sites excluding steroid dienone is 12. The average Bonchev–Trinajstić information content (AvgIpc) is 2.43. The molecule has 0 aromatic rings. The Hall–Kier alpha value is -3.59. The highest BCUT2D eigenvalue weighted by Gasteiger charge is 2.83. The molecule has 8 N–H and O–H groups in total. The van der Waals surface area contributed by atoms with Crippen LogP contribution in [0.5, 0.6) is 0 Å². The topological polar surface area (TPSA) is 268 Å². The molecule has 1 unspecified atom stereocenters. The minimum atomic E-state index is -4.13. The molecule has 2 aliphatic rings. The molecule has 2 fully saturated rings. The van der Waals surface area contributed by atoms with Crippen LogP contribution < -0.4 is 0 Å². The lowest BCUT2D eigenvalue weighted by atomic mass is 9.88. The lowest BCUT2D eigenvalue weighted by Gasteiger charge is -2.56. The first-order chi connectivity index (χ1) is 40.2. The molecule has 0 aliphatic carbocycles. The molecule has 0 radical (unpaired) electrons. The third-order valence-corrected chi connectivity index (χ3v) is 15.1. The van der Waals surface area contributed by atoms with Crippen molar-refractivity contribution in [3.05, 3.63) is 72.9 Å². The van der Waals surface area contributed by atoms with Gasteiger partial charge in [0.1, 0.15) is 31.0 Å². The Bertz CT molecular complexity index is 1880. The summed E-state index contributed by atoms with van der Waals surface area (Å²) >= 11 is 0. The zero-order chi connectivity index (χ0) is 60.9. The zero-order valence-electron chi connectivity index (χ0n) is 51.1. The van der Waals surface area contributed by atoms with Gasteiger partial charge in [-0.3, -0.25) is 19.1 Å². The van der Waals surface area contributed by atoms with Gasteiger partial charge in [0.05, 0.1) is 13.2 Å². The molecule has 2 rings (SSSR count). The van der Waals surface area contributed by atoms with Crippen LogP contribution in [0.4, 0.5) is 0 Å². The fourth-order valence-electron chi connectivity index (χ4n) is 9.99. The predicted molar refractivity (Wildman–Crippen MR) is 322 cm³/mol. The number of aliphatic hydroxyl groups is 8. The van der Waals surface area contributed by atoms with Gasteiger partial charge in [0.2, 0.25) is 5.79 Å². The zero-order valence-corrected chi connectivity index (χ0v) is 51.1. The first-order valence-electron chi connectivity index (χ1n) is 32.1. The molecule has 0 spiro atoms. The van der Waals surface area contributed by atoms with Crippen molar-refractivity contribution >= 4 is 17.9 Å². The number of ether oxygens (including phenoxy) is 6. The molecular weight excluding hydrogens is 1060 g/mol. The molecule has 9 atom stereocenters. The molecule has 2 saturated heterocycles. The van der Waals surface area contributed by atoms with E-state index >= 15 is 0 Å². The molecule has 0 aromatic carbocycles. The molecule has 0 saturated carbocycles. The Balaban J connectivity index is 2.36. The van der Waals surface area contributed by atoms with E-state index in [1.807, 2.05) is 0 Å². The van der Waals surface area contributed by atoms with E-state index in [2.05, 4.69) is 93.7 Å². The predicted octanol–water partition coefficient (Wildman–Crippen LogP) is 11.7. The molecule has 0 amide bonds. The van der Waals surface area contributed by atoms with E-state index in [1.165, 1.54) is 57.8 Å². The number of carbonyl (C=O) groups is 3. The highest BCUT2D eigenvalue weighted by Crippen LogP contribution is 2.51.